The molecule has 0 saturated carbocycles. The molecule has 5 heteroatoms. The summed E-state index contributed by atoms with van der Waals surface area (Å²) in [4.78, 5) is 24.6. The molecule has 0 aromatic heterocycles. The lowest BCUT2D eigenvalue weighted by molar-refractivity contribution is -0.117. The average Bonchev–Trinajstić information content (AvgIpc) is 2.85. The van der Waals surface area contributed by atoms with Crippen LogP contribution in [0.5, 0.6) is 5.75 Å². The van der Waals surface area contributed by atoms with Crippen LogP contribution in [0.1, 0.15) is 11.1 Å². The zero-order valence-corrected chi connectivity index (χ0v) is 12.9. The Labute approximate surface area is 134 Å². The Kier molecular flexibility index (Phi) is 3.85. The van der Waals surface area contributed by atoms with Crippen molar-refractivity contribution in [3.63, 3.8) is 0 Å². The number of nitrogens with one attached hydrogen (secondary N) is 1. The van der Waals surface area contributed by atoms with Gasteiger partial charge in [-0.25, -0.2) is 5.01 Å². The first-order valence-corrected chi connectivity index (χ1v) is 7.17. The van der Waals surface area contributed by atoms with Crippen LogP contribution in [-0.4, -0.2) is 18.9 Å². The van der Waals surface area contributed by atoms with Gasteiger partial charge >= 0.3 is 0 Å². The van der Waals surface area contributed by atoms with Crippen LogP contribution < -0.4 is 15.2 Å². The van der Waals surface area contributed by atoms with Gasteiger partial charge in [-0.05, 0) is 48.4 Å². The smallest absolute Gasteiger partial charge is 0.282 e. The minimum atomic E-state index is -0.408. The van der Waals surface area contributed by atoms with Gasteiger partial charge in [0, 0.05) is 0 Å². The standard InChI is InChI=1S/C18H16N2O3/c1-12-10-15(23-2)9-8-13(12)11-16-17(21)19-20(18(16)22)14-6-4-3-5-7-14/h3-11H,1-2H3,(H,19,21)/b16-11-. The highest BCUT2D eigenvalue weighted by molar-refractivity contribution is 6.31. The van der Waals surface area contributed by atoms with E-state index in [1.54, 1.807) is 31.4 Å². The number of ether oxygens (including phenoxy) is 1. The maximum Gasteiger partial charge on any atom is 0.282 e. The van der Waals surface area contributed by atoms with E-state index < -0.39 is 5.91 Å². The van der Waals surface area contributed by atoms with Crippen molar-refractivity contribution < 1.29 is 14.3 Å². The summed E-state index contributed by atoms with van der Waals surface area (Å²) in [5, 5.41) is 1.26. The van der Waals surface area contributed by atoms with Gasteiger partial charge in [-0.1, -0.05) is 24.3 Å². The fourth-order valence-corrected chi connectivity index (χ4v) is 2.41. The molecule has 1 aliphatic rings. The van der Waals surface area contributed by atoms with Crippen molar-refractivity contribution in [3.8, 4) is 5.75 Å². The number of carbonyl (C=O) groups is 2. The monoisotopic (exact) mass is 308 g/mol. The number of methoxy groups -OCH3 is 1. The number of anilines is 1. The Hall–Kier alpha value is -3.08. The molecule has 1 heterocycles. The number of nitrogens with zero attached hydrogens (tertiary/aromatic N) is 1. The molecule has 2 amide bonds. The predicted octanol–water partition coefficient (Wildman–Crippen LogP) is 2.47. The van der Waals surface area contributed by atoms with Crippen LogP contribution in [-0.2, 0) is 9.59 Å². The highest BCUT2D eigenvalue weighted by Crippen LogP contribution is 2.23. The van der Waals surface area contributed by atoms with Gasteiger partial charge in [0.1, 0.15) is 11.3 Å². The van der Waals surface area contributed by atoms with Crippen molar-refractivity contribution in [1.82, 2.24) is 5.43 Å². The third-order valence-corrected chi connectivity index (χ3v) is 3.68. The minimum Gasteiger partial charge on any atom is -0.497 e. The Balaban J connectivity index is 1.94. The van der Waals surface area contributed by atoms with Crippen molar-refractivity contribution in [1.29, 1.82) is 0 Å². The largest absolute Gasteiger partial charge is 0.497 e. The van der Waals surface area contributed by atoms with E-state index in [2.05, 4.69) is 5.43 Å². The molecule has 3 rings (SSSR count). The van der Waals surface area contributed by atoms with Gasteiger partial charge < -0.3 is 4.74 Å². The fraction of sp³-hybridized carbons (Fsp3) is 0.111. The molecule has 1 fully saturated rings. The van der Waals surface area contributed by atoms with Gasteiger partial charge in [-0.2, -0.15) is 0 Å². The number of hydrogen-bond acceptors (Lipinski definition) is 3. The van der Waals surface area contributed by atoms with Crippen LogP contribution >= 0.6 is 0 Å². The number of rotatable bonds is 3. The van der Waals surface area contributed by atoms with Crippen LogP contribution in [0.3, 0.4) is 0 Å². The average molecular weight is 308 g/mol. The molecule has 116 valence electrons. The van der Waals surface area contributed by atoms with Gasteiger partial charge in [0.25, 0.3) is 11.8 Å². The maximum atomic E-state index is 12.5. The van der Waals surface area contributed by atoms with E-state index in [0.29, 0.717) is 5.69 Å². The quantitative estimate of drug-likeness (QED) is 0.700. The van der Waals surface area contributed by atoms with Crippen LogP contribution in [0.2, 0.25) is 0 Å². The molecular formula is C18H16N2O3. The Bertz CT molecular complexity index is 797. The number of hydrazine groups is 1. The summed E-state index contributed by atoms with van der Waals surface area (Å²) in [6.07, 6.45) is 1.61. The first-order chi connectivity index (χ1) is 11.1. The molecule has 23 heavy (non-hydrogen) atoms. The first-order valence-electron chi connectivity index (χ1n) is 7.17. The van der Waals surface area contributed by atoms with E-state index in [1.807, 2.05) is 37.3 Å². The second kappa shape index (κ2) is 5.96. The number of para-hydroxylation sites is 1. The van der Waals surface area contributed by atoms with Crippen molar-refractivity contribution in [3.05, 3.63) is 65.2 Å². The predicted molar refractivity (Wildman–Crippen MR) is 87.8 cm³/mol. The summed E-state index contributed by atoms with van der Waals surface area (Å²) in [6.45, 7) is 1.90. The normalized spacial score (nSPS) is 15.9. The molecule has 0 spiro atoms. The number of amides is 2. The van der Waals surface area contributed by atoms with Crippen LogP contribution in [0.15, 0.2) is 54.1 Å². The highest BCUT2D eigenvalue weighted by Gasteiger charge is 2.34. The molecule has 2 aromatic rings. The summed E-state index contributed by atoms with van der Waals surface area (Å²) in [5.74, 6) is -0.0387. The van der Waals surface area contributed by atoms with E-state index in [-0.39, 0.29) is 11.5 Å². The third kappa shape index (κ3) is 2.81. The van der Waals surface area contributed by atoms with Gasteiger partial charge in [-0.15, -0.1) is 0 Å². The van der Waals surface area contributed by atoms with Gasteiger partial charge in [0.15, 0.2) is 0 Å². The number of aryl methyl sites for hydroxylation is 1. The molecule has 5 nitrogen and oxygen atoms in total. The summed E-state index contributed by atoms with van der Waals surface area (Å²) >= 11 is 0. The first kappa shape index (κ1) is 14.8. The van der Waals surface area contributed by atoms with Gasteiger partial charge in [0.05, 0.1) is 12.8 Å². The van der Waals surface area contributed by atoms with Crippen LogP contribution in [0.25, 0.3) is 6.08 Å². The molecule has 0 aliphatic carbocycles. The van der Waals surface area contributed by atoms with E-state index in [0.717, 1.165) is 16.9 Å². The Morgan fingerprint density at radius 2 is 1.83 bits per heavy atom. The van der Waals surface area contributed by atoms with Crippen LogP contribution in [0, 0.1) is 6.92 Å². The molecule has 1 aliphatic heterocycles. The topological polar surface area (TPSA) is 58.6 Å². The molecule has 0 atom stereocenters. The maximum absolute atomic E-state index is 12.5. The molecule has 1 saturated heterocycles. The van der Waals surface area contributed by atoms with E-state index in [9.17, 15) is 9.59 Å². The summed E-state index contributed by atoms with van der Waals surface area (Å²) in [7, 11) is 1.60. The van der Waals surface area contributed by atoms with E-state index >= 15 is 0 Å². The lowest BCUT2D eigenvalue weighted by Crippen LogP contribution is -2.35. The van der Waals surface area contributed by atoms with E-state index in [4.69, 9.17) is 4.74 Å². The summed E-state index contributed by atoms with van der Waals surface area (Å²) < 4.78 is 5.16. The lowest BCUT2D eigenvalue weighted by atomic mass is 10.0. The summed E-state index contributed by atoms with van der Waals surface area (Å²) in [5.41, 5.74) is 5.05. The van der Waals surface area contributed by atoms with Crippen molar-refractivity contribution >= 4 is 23.6 Å². The number of hydrogen-bond donors (Lipinski definition) is 1. The van der Waals surface area contributed by atoms with Crippen molar-refractivity contribution in [2.24, 2.45) is 0 Å². The highest BCUT2D eigenvalue weighted by atomic mass is 16.5. The summed E-state index contributed by atoms with van der Waals surface area (Å²) in [6, 6.07) is 14.5. The molecule has 2 aromatic carbocycles. The number of carbonyl (C=O) groups excluding carboxylic acids is 2. The lowest BCUT2D eigenvalue weighted by Gasteiger charge is -2.13. The SMILES string of the molecule is COc1ccc(/C=C2/C(=O)NN(c3ccccc3)C2=O)c(C)c1. The van der Waals surface area contributed by atoms with Crippen LogP contribution in [0.4, 0.5) is 5.69 Å². The van der Waals surface area contributed by atoms with E-state index in [1.165, 1.54) is 5.01 Å². The second-order valence-electron chi connectivity index (χ2n) is 5.20. The zero-order valence-electron chi connectivity index (χ0n) is 12.9. The zero-order chi connectivity index (χ0) is 16.4. The second-order valence-corrected chi connectivity index (χ2v) is 5.20. The molecule has 0 bridgehead atoms. The Morgan fingerprint density at radius 3 is 2.48 bits per heavy atom. The Morgan fingerprint density at radius 1 is 1.09 bits per heavy atom. The van der Waals surface area contributed by atoms with Crippen molar-refractivity contribution in [2.75, 3.05) is 12.1 Å². The fourth-order valence-electron chi connectivity index (χ4n) is 2.41. The molecule has 1 N–H and O–H groups in total. The van der Waals surface area contributed by atoms with Gasteiger partial charge in [-0.3, -0.25) is 15.0 Å². The minimum absolute atomic E-state index is 0.113. The number of benzene rings is 2. The molecule has 0 unspecified atom stereocenters. The third-order valence-electron chi connectivity index (χ3n) is 3.68. The van der Waals surface area contributed by atoms with Crippen molar-refractivity contribution in [2.45, 2.75) is 6.92 Å². The molecular weight excluding hydrogens is 292 g/mol. The van der Waals surface area contributed by atoms with Gasteiger partial charge in [0.2, 0.25) is 0 Å². The molecule has 0 radical (unpaired) electrons.